The molecule has 1 atom stereocenters. The lowest BCUT2D eigenvalue weighted by molar-refractivity contribution is -0.152. The van der Waals surface area contributed by atoms with E-state index < -0.39 is 29.0 Å². The largest absolute Gasteiger partial charge is 0.505 e. The summed E-state index contributed by atoms with van der Waals surface area (Å²) < 4.78 is 18.0. The minimum absolute atomic E-state index is 0.0170. The minimum atomic E-state index is -1.22. The summed E-state index contributed by atoms with van der Waals surface area (Å²) in [5, 5.41) is 18.7. The van der Waals surface area contributed by atoms with Crippen LogP contribution in [0.15, 0.2) is 12.1 Å². The Bertz CT molecular complexity index is 550. The Balaban J connectivity index is 3.42. The lowest BCUT2D eigenvalue weighted by Crippen LogP contribution is -2.38. The zero-order chi connectivity index (χ0) is 14.8. The second kappa shape index (κ2) is 5.24. The molecule has 0 amide bonds. The van der Waals surface area contributed by atoms with Crippen LogP contribution in [0.25, 0.3) is 0 Å². The van der Waals surface area contributed by atoms with Gasteiger partial charge in [-0.2, -0.15) is 5.26 Å². The van der Waals surface area contributed by atoms with E-state index >= 15 is 0 Å². The molecule has 3 N–H and O–H groups in total. The fourth-order valence-corrected chi connectivity index (χ4v) is 1.74. The summed E-state index contributed by atoms with van der Waals surface area (Å²) in [5.41, 5.74) is 4.62. The van der Waals surface area contributed by atoms with Gasteiger partial charge in [0, 0.05) is 5.56 Å². The number of nitrogens with two attached hydrogens (primary N) is 1. The first-order valence-electron chi connectivity index (χ1n) is 5.52. The van der Waals surface area contributed by atoms with E-state index in [-0.39, 0.29) is 11.1 Å². The highest BCUT2D eigenvalue weighted by molar-refractivity contribution is 5.77. The summed E-state index contributed by atoms with van der Waals surface area (Å²) >= 11 is 0. The predicted molar refractivity (Wildman–Crippen MR) is 65.5 cm³/mol. The molecule has 0 saturated carbocycles. The van der Waals surface area contributed by atoms with Gasteiger partial charge in [0.15, 0.2) is 11.6 Å². The molecule has 0 aliphatic heterocycles. The third-order valence-electron chi connectivity index (χ3n) is 3.09. The lowest BCUT2D eigenvalue weighted by Gasteiger charge is -2.29. The number of carbonyl (C=O) groups is 1. The summed E-state index contributed by atoms with van der Waals surface area (Å²) in [6.45, 7) is 2.99. The number of phenolic OH excluding ortho intramolecular Hbond substituents is 1. The zero-order valence-electron chi connectivity index (χ0n) is 10.9. The average Bonchev–Trinajstić information content (AvgIpc) is 2.39. The highest BCUT2D eigenvalue weighted by atomic mass is 19.1. The summed E-state index contributed by atoms with van der Waals surface area (Å²) in [6.07, 6.45) is 0. The van der Waals surface area contributed by atoms with E-state index in [2.05, 4.69) is 4.74 Å². The number of esters is 1. The smallest absolute Gasteiger partial charge is 0.313 e. The quantitative estimate of drug-likeness (QED) is 0.810. The Labute approximate surface area is 110 Å². The lowest BCUT2D eigenvalue weighted by atomic mass is 9.79. The van der Waals surface area contributed by atoms with Crippen molar-refractivity contribution in [3.63, 3.8) is 0 Å². The highest BCUT2D eigenvalue weighted by Gasteiger charge is 2.39. The number of nitriles is 1. The van der Waals surface area contributed by atoms with Crippen LogP contribution in [0, 0.1) is 22.6 Å². The van der Waals surface area contributed by atoms with Crippen molar-refractivity contribution in [2.45, 2.75) is 19.9 Å². The number of rotatable bonds is 3. The van der Waals surface area contributed by atoms with Gasteiger partial charge in [0.2, 0.25) is 0 Å². The molecule has 1 aromatic carbocycles. The molecule has 6 heteroatoms. The van der Waals surface area contributed by atoms with Crippen molar-refractivity contribution in [1.82, 2.24) is 0 Å². The fraction of sp³-hybridized carbons (Fsp3) is 0.385. The highest BCUT2D eigenvalue weighted by Crippen LogP contribution is 2.39. The van der Waals surface area contributed by atoms with Crippen LogP contribution >= 0.6 is 0 Å². The van der Waals surface area contributed by atoms with Crippen LogP contribution in [0.4, 0.5) is 4.39 Å². The van der Waals surface area contributed by atoms with Crippen molar-refractivity contribution < 1.29 is 19.0 Å². The molecule has 102 valence electrons. The summed E-state index contributed by atoms with van der Waals surface area (Å²) in [4.78, 5) is 11.7. The second-order valence-electron chi connectivity index (χ2n) is 4.66. The molecule has 0 saturated heterocycles. The number of halogens is 1. The van der Waals surface area contributed by atoms with Crippen molar-refractivity contribution in [3.05, 3.63) is 29.1 Å². The SMILES string of the molecule is COC(=O)C(C)(C)[C@@H](N)c1c(C#N)ccc(F)c1O. The van der Waals surface area contributed by atoms with E-state index in [1.165, 1.54) is 27.0 Å². The molecule has 0 aromatic heterocycles. The number of nitrogens with zero attached hydrogens (tertiary/aromatic N) is 1. The number of aromatic hydroxyl groups is 1. The molecule has 0 bridgehead atoms. The van der Waals surface area contributed by atoms with E-state index in [9.17, 15) is 14.3 Å². The Morgan fingerprint density at radius 2 is 2.16 bits per heavy atom. The molecule has 0 aliphatic rings. The Morgan fingerprint density at radius 1 is 1.58 bits per heavy atom. The number of hydrogen-bond donors (Lipinski definition) is 2. The van der Waals surface area contributed by atoms with E-state index in [4.69, 9.17) is 11.0 Å². The molecule has 0 heterocycles. The monoisotopic (exact) mass is 266 g/mol. The first-order chi connectivity index (χ1) is 8.77. The summed E-state index contributed by atoms with van der Waals surface area (Å²) in [6, 6.07) is 2.91. The summed E-state index contributed by atoms with van der Waals surface area (Å²) in [5.74, 6) is -2.24. The maximum absolute atomic E-state index is 13.4. The number of methoxy groups -OCH3 is 1. The molecule has 0 unspecified atom stereocenters. The normalized spacial score (nSPS) is 12.6. The maximum atomic E-state index is 13.4. The van der Waals surface area contributed by atoms with Crippen molar-refractivity contribution >= 4 is 5.97 Å². The third kappa shape index (κ3) is 2.51. The van der Waals surface area contributed by atoms with Crippen molar-refractivity contribution in [1.29, 1.82) is 5.26 Å². The van der Waals surface area contributed by atoms with Gasteiger partial charge in [-0.1, -0.05) is 0 Å². The molecular weight excluding hydrogens is 251 g/mol. The standard InChI is InChI=1S/C13H15FN2O3/c1-13(2,12(18)19-3)11(16)9-7(6-15)4-5-8(14)10(9)17/h4-5,11,17H,16H2,1-3H3/t11-/m0/s1. The minimum Gasteiger partial charge on any atom is -0.505 e. The Hall–Kier alpha value is -2.13. The molecule has 0 spiro atoms. The van der Waals surface area contributed by atoms with Gasteiger partial charge in [-0.05, 0) is 26.0 Å². The molecule has 0 radical (unpaired) electrons. The molecule has 0 fully saturated rings. The van der Waals surface area contributed by atoms with Gasteiger partial charge in [-0.3, -0.25) is 4.79 Å². The second-order valence-corrected chi connectivity index (χ2v) is 4.66. The predicted octanol–water partition coefficient (Wildman–Crippen LogP) is 1.60. The fourth-order valence-electron chi connectivity index (χ4n) is 1.74. The molecule has 0 aliphatic carbocycles. The van der Waals surface area contributed by atoms with Crippen LogP contribution in [-0.2, 0) is 9.53 Å². The number of ether oxygens (including phenoxy) is 1. The van der Waals surface area contributed by atoms with Crippen LogP contribution in [0.3, 0.4) is 0 Å². The van der Waals surface area contributed by atoms with Crippen LogP contribution in [-0.4, -0.2) is 18.2 Å². The van der Waals surface area contributed by atoms with Gasteiger partial charge in [0.05, 0.1) is 30.2 Å². The van der Waals surface area contributed by atoms with E-state index in [1.807, 2.05) is 6.07 Å². The van der Waals surface area contributed by atoms with Gasteiger partial charge in [-0.15, -0.1) is 0 Å². The van der Waals surface area contributed by atoms with Gasteiger partial charge < -0.3 is 15.6 Å². The van der Waals surface area contributed by atoms with E-state index in [0.717, 1.165) is 6.07 Å². The average molecular weight is 266 g/mol. The maximum Gasteiger partial charge on any atom is 0.313 e. The molecule has 5 nitrogen and oxygen atoms in total. The van der Waals surface area contributed by atoms with Gasteiger partial charge in [0.25, 0.3) is 0 Å². The van der Waals surface area contributed by atoms with Gasteiger partial charge in [-0.25, -0.2) is 4.39 Å². The van der Waals surface area contributed by atoms with Crippen LogP contribution in [0.1, 0.15) is 31.0 Å². The first-order valence-corrected chi connectivity index (χ1v) is 5.52. The van der Waals surface area contributed by atoms with E-state index in [1.54, 1.807) is 0 Å². The Kier molecular flexibility index (Phi) is 4.12. The summed E-state index contributed by atoms with van der Waals surface area (Å²) in [7, 11) is 1.20. The Morgan fingerprint density at radius 3 is 2.63 bits per heavy atom. The van der Waals surface area contributed by atoms with Crippen molar-refractivity contribution in [2.75, 3.05) is 7.11 Å². The van der Waals surface area contributed by atoms with E-state index in [0.29, 0.717) is 0 Å². The van der Waals surface area contributed by atoms with Gasteiger partial charge >= 0.3 is 5.97 Å². The molecule has 1 rings (SSSR count). The number of carbonyl (C=O) groups excluding carboxylic acids is 1. The number of hydrogen-bond acceptors (Lipinski definition) is 5. The zero-order valence-corrected chi connectivity index (χ0v) is 10.9. The first kappa shape index (κ1) is 14.9. The molecular formula is C13H15FN2O3. The van der Waals surface area contributed by atoms with Crippen LogP contribution in [0.5, 0.6) is 5.75 Å². The topological polar surface area (TPSA) is 96.3 Å². The van der Waals surface area contributed by atoms with Crippen molar-refractivity contribution in [3.8, 4) is 11.8 Å². The number of benzene rings is 1. The molecule has 1 aromatic rings. The van der Waals surface area contributed by atoms with Crippen LogP contribution in [0.2, 0.25) is 0 Å². The third-order valence-corrected chi connectivity index (χ3v) is 3.09. The van der Waals surface area contributed by atoms with Crippen LogP contribution < -0.4 is 5.73 Å². The van der Waals surface area contributed by atoms with Crippen molar-refractivity contribution in [2.24, 2.45) is 11.1 Å². The molecule has 19 heavy (non-hydrogen) atoms. The number of phenols is 1. The van der Waals surface area contributed by atoms with Gasteiger partial charge in [0.1, 0.15) is 0 Å².